The number of hydrogen-bond acceptors (Lipinski definition) is 4. The summed E-state index contributed by atoms with van der Waals surface area (Å²) in [5.41, 5.74) is 2.64. The van der Waals surface area contributed by atoms with Gasteiger partial charge in [-0.3, -0.25) is 19.3 Å². The Kier molecular flexibility index (Phi) is 5.30. The Morgan fingerprint density at radius 3 is 2.35 bits per heavy atom. The van der Waals surface area contributed by atoms with Gasteiger partial charge < -0.3 is 0 Å². The fourth-order valence-corrected chi connectivity index (χ4v) is 3.25. The molecule has 0 radical (unpaired) electrons. The Labute approximate surface area is 152 Å². The van der Waals surface area contributed by atoms with Crippen molar-refractivity contribution in [3.05, 3.63) is 47.0 Å². The van der Waals surface area contributed by atoms with Crippen molar-refractivity contribution in [2.75, 3.05) is 13.1 Å². The lowest BCUT2D eigenvalue weighted by molar-refractivity contribution is -0.143. The molecule has 3 rings (SSSR count). The van der Waals surface area contributed by atoms with Crippen LogP contribution >= 0.6 is 0 Å². The SMILES string of the molecule is Cc1ccc(C(=O)CN2C(=O)C(=O)N(CCC3=CCCCC3)C2=O)cc1. The van der Waals surface area contributed by atoms with Gasteiger partial charge in [0, 0.05) is 12.1 Å². The van der Waals surface area contributed by atoms with Crippen molar-refractivity contribution < 1.29 is 19.2 Å². The van der Waals surface area contributed by atoms with Gasteiger partial charge in [0.25, 0.3) is 0 Å². The van der Waals surface area contributed by atoms with Crippen LogP contribution in [-0.2, 0) is 9.59 Å². The van der Waals surface area contributed by atoms with Crippen LogP contribution in [0.4, 0.5) is 4.79 Å². The monoisotopic (exact) mass is 354 g/mol. The van der Waals surface area contributed by atoms with Crippen molar-refractivity contribution in [1.29, 1.82) is 0 Å². The third-order valence-corrected chi connectivity index (χ3v) is 4.85. The number of carbonyl (C=O) groups is 4. The molecule has 1 aromatic carbocycles. The largest absolute Gasteiger partial charge is 0.334 e. The molecule has 26 heavy (non-hydrogen) atoms. The smallest absolute Gasteiger partial charge is 0.292 e. The fraction of sp³-hybridized carbons (Fsp3) is 0.400. The number of benzene rings is 1. The second kappa shape index (κ2) is 7.64. The number of allylic oxidation sites excluding steroid dienone is 1. The standard InChI is InChI=1S/C20H22N2O4/c1-14-7-9-16(10-8-14)17(23)13-22-19(25)18(24)21(20(22)26)12-11-15-5-3-2-4-6-15/h5,7-10H,2-4,6,11-13H2,1H3. The minimum absolute atomic E-state index is 0.185. The molecule has 1 heterocycles. The van der Waals surface area contributed by atoms with Crippen LogP contribution in [0.25, 0.3) is 0 Å². The zero-order chi connectivity index (χ0) is 18.7. The molecule has 0 aromatic heterocycles. The molecule has 1 saturated heterocycles. The average Bonchev–Trinajstić information content (AvgIpc) is 2.85. The summed E-state index contributed by atoms with van der Waals surface area (Å²) in [7, 11) is 0. The van der Waals surface area contributed by atoms with Crippen molar-refractivity contribution in [2.24, 2.45) is 0 Å². The molecule has 1 aliphatic carbocycles. The predicted octanol–water partition coefficient (Wildman–Crippen LogP) is 2.86. The van der Waals surface area contributed by atoms with Crippen LogP contribution < -0.4 is 0 Å². The van der Waals surface area contributed by atoms with E-state index in [0.717, 1.165) is 34.6 Å². The normalized spacial score (nSPS) is 17.7. The number of urea groups is 1. The first-order valence-corrected chi connectivity index (χ1v) is 8.92. The highest BCUT2D eigenvalue weighted by atomic mass is 16.2. The number of imide groups is 2. The van der Waals surface area contributed by atoms with Gasteiger partial charge in [-0.2, -0.15) is 0 Å². The average molecular weight is 354 g/mol. The third-order valence-electron chi connectivity index (χ3n) is 4.85. The van der Waals surface area contributed by atoms with E-state index in [1.165, 1.54) is 12.0 Å². The second-order valence-electron chi connectivity index (χ2n) is 6.78. The maximum atomic E-state index is 12.5. The van der Waals surface area contributed by atoms with E-state index in [0.29, 0.717) is 12.0 Å². The lowest BCUT2D eigenvalue weighted by Crippen LogP contribution is -2.37. The van der Waals surface area contributed by atoms with Crippen LogP contribution in [0.5, 0.6) is 0 Å². The summed E-state index contributed by atoms with van der Waals surface area (Å²) in [6.45, 7) is 1.68. The molecule has 0 spiro atoms. The maximum absolute atomic E-state index is 12.5. The topological polar surface area (TPSA) is 74.8 Å². The van der Waals surface area contributed by atoms with Gasteiger partial charge in [-0.25, -0.2) is 9.69 Å². The van der Waals surface area contributed by atoms with Gasteiger partial charge in [-0.1, -0.05) is 41.5 Å². The lowest BCUT2D eigenvalue weighted by atomic mass is 9.97. The Morgan fingerprint density at radius 1 is 1.00 bits per heavy atom. The molecule has 136 valence electrons. The number of rotatable bonds is 6. The van der Waals surface area contributed by atoms with Crippen LogP contribution in [0.2, 0.25) is 0 Å². The summed E-state index contributed by atoms with van der Waals surface area (Å²) in [5, 5.41) is 0. The van der Waals surface area contributed by atoms with Crippen molar-refractivity contribution >= 4 is 23.6 Å². The number of nitrogens with zero attached hydrogens (tertiary/aromatic N) is 2. The third kappa shape index (κ3) is 3.74. The number of Topliss-reactive ketones (excluding diaryl/α,β-unsaturated/α-hetero) is 1. The second-order valence-corrected chi connectivity index (χ2v) is 6.78. The molecular formula is C20H22N2O4. The Morgan fingerprint density at radius 2 is 1.69 bits per heavy atom. The molecule has 0 unspecified atom stereocenters. The number of ketones is 1. The van der Waals surface area contributed by atoms with E-state index in [1.807, 2.05) is 6.92 Å². The minimum atomic E-state index is -0.923. The highest BCUT2D eigenvalue weighted by molar-refractivity contribution is 6.45. The van der Waals surface area contributed by atoms with E-state index in [2.05, 4.69) is 6.08 Å². The van der Waals surface area contributed by atoms with Crippen LogP contribution in [-0.4, -0.2) is 46.5 Å². The number of hydrogen-bond donors (Lipinski definition) is 0. The number of carbonyl (C=O) groups excluding carboxylic acids is 4. The van der Waals surface area contributed by atoms with Crippen LogP contribution in [0, 0.1) is 6.92 Å². The number of amides is 4. The number of aryl methyl sites for hydroxylation is 1. The summed E-state index contributed by atoms with van der Waals surface area (Å²) in [5.74, 6) is -2.13. The molecule has 6 nitrogen and oxygen atoms in total. The summed E-state index contributed by atoms with van der Waals surface area (Å²) in [6, 6.07) is 6.18. The van der Waals surface area contributed by atoms with Gasteiger partial charge in [-0.15, -0.1) is 0 Å². The molecule has 0 N–H and O–H groups in total. The van der Waals surface area contributed by atoms with Crippen molar-refractivity contribution in [3.8, 4) is 0 Å². The van der Waals surface area contributed by atoms with E-state index < -0.39 is 24.4 Å². The predicted molar refractivity (Wildman–Crippen MR) is 95.5 cm³/mol. The van der Waals surface area contributed by atoms with E-state index in [1.54, 1.807) is 24.3 Å². The molecule has 2 aliphatic rings. The van der Waals surface area contributed by atoms with Gasteiger partial charge in [0.2, 0.25) is 0 Å². The summed E-state index contributed by atoms with van der Waals surface area (Å²) in [6.07, 6.45) is 7.01. The van der Waals surface area contributed by atoms with Gasteiger partial charge in [0.05, 0.1) is 6.54 Å². The zero-order valence-electron chi connectivity index (χ0n) is 14.9. The van der Waals surface area contributed by atoms with Crippen molar-refractivity contribution in [2.45, 2.75) is 39.0 Å². The quantitative estimate of drug-likeness (QED) is 0.341. The van der Waals surface area contributed by atoms with Crippen molar-refractivity contribution in [1.82, 2.24) is 9.80 Å². The Hall–Kier alpha value is -2.76. The molecule has 0 atom stereocenters. The summed E-state index contributed by atoms with van der Waals surface area (Å²) in [4.78, 5) is 50.8. The van der Waals surface area contributed by atoms with Gasteiger partial charge in [0.1, 0.15) is 0 Å². The first-order chi connectivity index (χ1) is 12.5. The first-order valence-electron chi connectivity index (χ1n) is 8.92. The molecule has 0 saturated carbocycles. The summed E-state index contributed by atoms with van der Waals surface area (Å²) < 4.78 is 0. The van der Waals surface area contributed by atoms with E-state index in [4.69, 9.17) is 0 Å². The molecule has 6 heteroatoms. The molecule has 1 fully saturated rings. The van der Waals surface area contributed by atoms with E-state index in [9.17, 15) is 19.2 Å². The Balaban J connectivity index is 1.65. The molecule has 1 aromatic rings. The minimum Gasteiger partial charge on any atom is -0.292 e. The van der Waals surface area contributed by atoms with Gasteiger partial charge in [0.15, 0.2) is 5.78 Å². The molecule has 4 amide bonds. The summed E-state index contributed by atoms with van der Waals surface area (Å²) >= 11 is 0. The highest BCUT2D eigenvalue weighted by Gasteiger charge is 2.44. The van der Waals surface area contributed by atoms with E-state index >= 15 is 0 Å². The van der Waals surface area contributed by atoms with E-state index in [-0.39, 0.29) is 12.3 Å². The lowest BCUT2D eigenvalue weighted by Gasteiger charge is -2.17. The fourth-order valence-electron chi connectivity index (χ4n) is 3.25. The highest BCUT2D eigenvalue weighted by Crippen LogP contribution is 2.22. The molecular weight excluding hydrogens is 332 g/mol. The van der Waals surface area contributed by atoms with Gasteiger partial charge in [-0.05, 0) is 39.0 Å². The first kappa shape index (κ1) is 18.0. The van der Waals surface area contributed by atoms with Crippen LogP contribution in [0.3, 0.4) is 0 Å². The van der Waals surface area contributed by atoms with Gasteiger partial charge >= 0.3 is 17.8 Å². The van der Waals surface area contributed by atoms with Crippen LogP contribution in [0.1, 0.15) is 48.0 Å². The van der Waals surface area contributed by atoms with Crippen LogP contribution in [0.15, 0.2) is 35.9 Å². The molecule has 1 aliphatic heterocycles. The van der Waals surface area contributed by atoms with Crippen molar-refractivity contribution in [3.63, 3.8) is 0 Å². The molecule has 0 bridgehead atoms. The Bertz CT molecular complexity index is 780. The maximum Gasteiger partial charge on any atom is 0.334 e. The zero-order valence-corrected chi connectivity index (χ0v) is 14.9.